The summed E-state index contributed by atoms with van der Waals surface area (Å²) in [4.78, 5) is 35.8. The Kier molecular flexibility index (Phi) is 35.3. The molecule has 0 bridgehead atoms. The molecule has 0 aliphatic carbocycles. The maximum absolute atomic E-state index is 13.1. The zero-order chi connectivity index (χ0) is 41.6. The Balaban J connectivity index is 4.50. The number of hydrogen-bond acceptors (Lipinski definition) is 7. The van der Waals surface area contributed by atoms with Crippen LogP contribution in [0.2, 0.25) is 0 Å². The first-order valence-corrected chi connectivity index (χ1v) is 23.2. The predicted molar refractivity (Wildman–Crippen MR) is 233 cm³/mol. The van der Waals surface area contributed by atoms with Crippen LogP contribution in [0.4, 0.5) is 0 Å². The number of aliphatic hydroxyl groups excluding tert-OH is 1. The van der Waals surface area contributed by atoms with Crippen molar-refractivity contribution in [3.05, 3.63) is 72.9 Å². The van der Waals surface area contributed by atoms with Gasteiger partial charge < -0.3 is 19.2 Å². The van der Waals surface area contributed by atoms with Crippen molar-refractivity contribution in [2.24, 2.45) is 0 Å². The molecule has 56 heavy (non-hydrogen) atoms. The first-order valence-electron chi connectivity index (χ1n) is 21.7. The van der Waals surface area contributed by atoms with Gasteiger partial charge in [-0.05, 0) is 19.3 Å². The molecule has 322 valence electrons. The van der Waals surface area contributed by atoms with Gasteiger partial charge in [0.15, 0.2) is 11.9 Å². The van der Waals surface area contributed by atoms with Crippen molar-refractivity contribution < 1.29 is 42.4 Å². The van der Waals surface area contributed by atoms with Crippen LogP contribution in [-0.2, 0) is 27.9 Å². The van der Waals surface area contributed by atoms with E-state index in [1.54, 1.807) is 12.2 Å². The summed E-state index contributed by atoms with van der Waals surface area (Å²) in [6, 6.07) is 0. The van der Waals surface area contributed by atoms with Crippen LogP contribution in [0.15, 0.2) is 72.9 Å². The molecule has 0 heterocycles. The van der Waals surface area contributed by atoms with Crippen LogP contribution in [-0.4, -0.2) is 79.3 Å². The van der Waals surface area contributed by atoms with Gasteiger partial charge >= 0.3 is 13.8 Å². The maximum atomic E-state index is 13.1. The number of likely N-dealkylation sites (N-methyl/N-ethyl adjacent to an activating group) is 1. The predicted octanol–water partition coefficient (Wildman–Crippen LogP) is 11.6. The van der Waals surface area contributed by atoms with E-state index in [9.17, 15) is 24.2 Å². The molecule has 0 radical (unpaired) electrons. The van der Waals surface area contributed by atoms with Crippen molar-refractivity contribution in [2.45, 2.75) is 167 Å². The lowest BCUT2D eigenvalue weighted by atomic mass is 10.0. The van der Waals surface area contributed by atoms with E-state index < -0.39 is 39.2 Å². The average molecular weight is 807 g/mol. The zero-order valence-electron chi connectivity index (χ0n) is 36.0. The molecule has 0 aromatic rings. The highest BCUT2D eigenvalue weighted by Crippen LogP contribution is 2.45. The molecule has 0 aromatic carbocycles. The maximum Gasteiger partial charge on any atom is 0.473 e. The Bertz CT molecular complexity index is 1200. The van der Waals surface area contributed by atoms with Crippen LogP contribution in [0.25, 0.3) is 0 Å². The number of carbonyl (C=O) groups excluding carboxylic acids is 2. The van der Waals surface area contributed by atoms with Crippen LogP contribution in [0.1, 0.15) is 155 Å². The highest BCUT2D eigenvalue weighted by Gasteiger charge is 2.35. The number of phosphoric acid groups is 1. The van der Waals surface area contributed by atoms with Gasteiger partial charge in [-0.3, -0.25) is 13.8 Å². The Morgan fingerprint density at radius 3 is 1.52 bits per heavy atom. The van der Waals surface area contributed by atoms with Gasteiger partial charge in [-0.25, -0.2) is 9.36 Å². The number of rotatable bonds is 38. The van der Waals surface area contributed by atoms with E-state index in [0.717, 1.165) is 25.7 Å². The van der Waals surface area contributed by atoms with Crippen molar-refractivity contribution in [2.75, 3.05) is 40.9 Å². The highest BCUT2D eigenvalue weighted by molar-refractivity contribution is 7.47. The molecule has 0 saturated carbocycles. The van der Waals surface area contributed by atoms with Gasteiger partial charge in [0.1, 0.15) is 12.6 Å². The number of Topliss-reactive ketones (excluding diaryl/α,β-unsaturated/α-hetero) is 1. The zero-order valence-corrected chi connectivity index (χ0v) is 36.9. The Morgan fingerprint density at radius 1 is 0.625 bits per heavy atom. The summed E-state index contributed by atoms with van der Waals surface area (Å²) in [7, 11) is 0.890. The van der Waals surface area contributed by atoms with Gasteiger partial charge in [0.25, 0.3) is 0 Å². The Hall–Kier alpha value is -2.39. The van der Waals surface area contributed by atoms with E-state index >= 15 is 0 Å². The highest BCUT2D eigenvalue weighted by atomic mass is 31.2. The number of carbonyl (C=O) groups is 2. The minimum Gasteiger partial charge on any atom is -0.454 e. The van der Waals surface area contributed by atoms with E-state index in [0.29, 0.717) is 10.9 Å². The third-order valence-electron chi connectivity index (χ3n) is 9.11. The van der Waals surface area contributed by atoms with Gasteiger partial charge in [0.05, 0.1) is 34.4 Å². The minimum atomic E-state index is -4.71. The quantitative estimate of drug-likeness (QED) is 0.0158. The fourth-order valence-electron chi connectivity index (χ4n) is 5.91. The lowest BCUT2D eigenvalue weighted by Gasteiger charge is -2.29. The lowest BCUT2D eigenvalue weighted by molar-refractivity contribution is -0.872. The monoisotopic (exact) mass is 807 g/mol. The summed E-state index contributed by atoms with van der Waals surface area (Å²) >= 11 is 0. The molecular formula is C46H81NO8P+. The van der Waals surface area contributed by atoms with E-state index in [1.807, 2.05) is 57.6 Å². The first-order chi connectivity index (χ1) is 26.9. The Morgan fingerprint density at radius 2 is 1.05 bits per heavy atom. The SMILES string of the molecule is CCCCCCCCCC=CC=CC=CC=CC=CC=CC(=O)O[C@H](CO)COP(=O)(O)OC(C[N+](C)(C)C)C(=O)CCCCCCCCCCCCCCC. The second-order valence-electron chi connectivity index (χ2n) is 15.8. The molecule has 9 nitrogen and oxygen atoms in total. The van der Waals surface area contributed by atoms with Crippen LogP contribution in [0, 0.1) is 0 Å². The van der Waals surface area contributed by atoms with Gasteiger partial charge in [-0.1, -0.05) is 196 Å². The molecule has 2 unspecified atom stereocenters. The van der Waals surface area contributed by atoms with Crippen molar-refractivity contribution in [1.29, 1.82) is 0 Å². The topological polar surface area (TPSA) is 119 Å². The van der Waals surface area contributed by atoms with E-state index in [2.05, 4.69) is 26.0 Å². The van der Waals surface area contributed by atoms with E-state index in [-0.39, 0.29) is 18.7 Å². The second-order valence-corrected chi connectivity index (χ2v) is 17.2. The number of aliphatic hydroxyl groups is 1. The standard InChI is InChI=1S/C46H80NO8P/c1-6-8-10-12-14-16-18-20-21-22-23-24-25-27-29-31-33-35-37-39-46(50)54-43(41-48)42-53-56(51,52)55-45(40-47(3,4)5)44(49)38-36-34-32-30-28-26-19-17-15-13-11-9-7-2/h21-25,27,29,31,33,35,37,39,43,45,48H,6-20,26,28,30,32,34,36,38,40-42H2,1-5H3/p+1/t43-,45?/m1/s1. The third kappa shape index (κ3) is 37.2. The summed E-state index contributed by atoms with van der Waals surface area (Å²) in [5.41, 5.74) is 0. The molecule has 2 N–H and O–H groups in total. The average Bonchev–Trinajstić information content (AvgIpc) is 3.15. The first kappa shape index (κ1) is 53.6. The molecule has 0 aliphatic heterocycles. The van der Waals surface area contributed by atoms with Gasteiger partial charge in [0, 0.05) is 12.5 Å². The van der Waals surface area contributed by atoms with Crippen molar-refractivity contribution >= 4 is 19.6 Å². The van der Waals surface area contributed by atoms with Crippen LogP contribution in [0.5, 0.6) is 0 Å². The molecule has 0 amide bonds. The molecule has 0 rings (SSSR count). The van der Waals surface area contributed by atoms with E-state index in [1.165, 1.54) is 115 Å². The van der Waals surface area contributed by atoms with Gasteiger partial charge in [-0.2, -0.15) is 0 Å². The summed E-state index contributed by atoms with van der Waals surface area (Å²) in [5.74, 6) is -1.00. The van der Waals surface area contributed by atoms with Crippen LogP contribution in [0.3, 0.4) is 0 Å². The lowest BCUT2D eigenvalue weighted by Crippen LogP contribution is -2.45. The number of ketones is 1. The summed E-state index contributed by atoms with van der Waals surface area (Å²) in [6.07, 6.45) is 45.7. The summed E-state index contributed by atoms with van der Waals surface area (Å²) in [6.45, 7) is 3.45. The normalized spacial score (nSPS) is 15.0. The largest absolute Gasteiger partial charge is 0.473 e. The molecule has 0 aliphatic rings. The number of esters is 1. The Labute approximate surface area is 342 Å². The number of phosphoric ester groups is 1. The second kappa shape index (κ2) is 36.9. The number of nitrogens with zero attached hydrogens (tertiary/aromatic N) is 1. The molecule has 0 saturated heterocycles. The molecule has 0 aromatic heterocycles. The summed E-state index contributed by atoms with van der Waals surface area (Å²) < 4.78 is 28.8. The van der Waals surface area contributed by atoms with Crippen molar-refractivity contribution in [1.82, 2.24) is 0 Å². The molecule has 10 heteroatoms. The third-order valence-corrected chi connectivity index (χ3v) is 10.1. The van der Waals surface area contributed by atoms with Crippen molar-refractivity contribution in [3.63, 3.8) is 0 Å². The van der Waals surface area contributed by atoms with Crippen LogP contribution >= 0.6 is 7.82 Å². The molecule has 0 spiro atoms. The fraction of sp³-hybridized carbons (Fsp3) is 0.696. The molecular weight excluding hydrogens is 725 g/mol. The van der Waals surface area contributed by atoms with E-state index in [4.69, 9.17) is 13.8 Å². The number of hydrogen-bond donors (Lipinski definition) is 2. The van der Waals surface area contributed by atoms with Gasteiger partial charge in [-0.15, -0.1) is 0 Å². The number of unbranched alkanes of at least 4 members (excludes halogenated alkanes) is 19. The molecule has 3 atom stereocenters. The number of quaternary nitrogens is 1. The smallest absolute Gasteiger partial charge is 0.454 e. The van der Waals surface area contributed by atoms with Crippen LogP contribution < -0.4 is 0 Å². The fourth-order valence-corrected chi connectivity index (χ4v) is 6.83. The van der Waals surface area contributed by atoms with Crippen molar-refractivity contribution in [3.8, 4) is 0 Å². The molecule has 0 fully saturated rings. The summed E-state index contributed by atoms with van der Waals surface area (Å²) in [5, 5.41) is 9.69. The minimum absolute atomic E-state index is 0.182. The number of allylic oxidation sites excluding steroid dienone is 11. The van der Waals surface area contributed by atoms with Gasteiger partial charge in [0.2, 0.25) is 0 Å². The number of ether oxygens (including phenoxy) is 1.